The van der Waals surface area contributed by atoms with E-state index in [0.717, 1.165) is 0 Å². The van der Waals surface area contributed by atoms with Crippen LogP contribution in [0.25, 0.3) is 17.0 Å². The molecule has 3 N–H and O–H groups in total. The Bertz CT molecular complexity index is 775. The number of aromatic nitrogens is 6. The normalized spacial score (nSPS) is 10.7. The molecule has 0 radical (unpaired) electrons. The van der Waals surface area contributed by atoms with E-state index in [1.807, 2.05) is 6.07 Å². The number of aromatic amines is 1. The summed E-state index contributed by atoms with van der Waals surface area (Å²) in [4.78, 5) is 15.1. The second-order valence-electron chi connectivity index (χ2n) is 3.67. The Morgan fingerprint density at radius 2 is 2.22 bits per heavy atom. The maximum absolute atomic E-state index is 9.00. The minimum absolute atomic E-state index is 0.254. The largest absolute Gasteiger partial charge is 0.382 e. The van der Waals surface area contributed by atoms with E-state index >= 15 is 0 Å². The van der Waals surface area contributed by atoms with Gasteiger partial charge in [-0.15, -0.1) is 0 Å². The van der Waals surface area contributed by atoms with Crippen LogP contribution in [0.15, 0.2) is 12.7 Å². The summed E-state index contributed by atoms with van der Waals surface area (Å²) in [7, 11) is 0. The molecule has 0 aliphatic rings. The van der Waals surface area contributed by atoms with Crippen LogP contribution in [0.4, 0.5) is 5.82 Å². The number of imidazole rings is 1. The molecule has 0 aromatic carbocycles. The quantitative estimate of drug-likeness (QED) is 0.630. The highest BCUT2D eigenvalue weighted by atomic mass is 15.4. The van der Waals surface area contributed by atoms with Gasteiger partial charge < -0.3 is 10.7 Å². The molecule has 0 aliphatic carbocycles. The van der Waals surface area contributed by atoms with Crippen molar-refractivity contribution in [2.45, 2.75) is 6.92 Å². The Morgan fingerprint density at radius 1 is 1.39 bits per heavy atom. The Kier molecular flexibility index (Phi) is 2.00. The molecule has 8 heteroatoms. The Hall–Kier alpha value is -2.95. The molecule has 0 unspecified atom stereocenters. The molecule has 3 rings (SSSR count). The summed E-state index contributed by atoms with van der Waals surface area (Å²) in [5.74, 6) is 0.726. The van der Waals surface area contributed by atoms with Crippen LogP contribution in [-0.2, 0) is 0 Å². The predicted octanol–water partition coefficient (Wildman–Crippen LogP) is 0.301. The van der Waals surface area contributed by atoms with Crippen LogP contribution in [0.3, 0.4) is 0 Å². The third-order valence-electron chi connectivity index (χ3n) is 2.61. The lowest BCUT2D eigenvalue weighted by Crippen LogP contribution is -2.06. The second kappa shape index (κ2) is 3.53. The smallest absolute Gasteiger partial charge is 0.184 e. The molecule has 88 valence electrons. The van der Waals surface area contributed by atoms with Crippen molar-refractivity contribution in [2.24, 2.45) is 0 Å². The number of rotatable bonds is 1. The monoisotopic (exact) mass is 240 g/mol. The number of H-pyrrole nitrogens is 1. The summed E-state index contributed by atoms with van der Waals surface area (Å²) in [5.41, 5.74) is 7.94. The average molecular weight is 240 g/mol. The molecule has 8 nitrogen and oxygen atoms in total. The molecular formula is C10H8N8. The highest BCUT2D eigenvalue weighted by Gasteiger charge is 2.17. The first-order chi connectivity index (χ1) is 8.72. The van der Waals surface area contributed by atoms with Gasteiger partial charge in [-0.05, 0) is 6.92 Å². The molecule has 0 saturated heterocycles. The van der Waals surface area contributed by atoms with Crippen molar-refractivity contribution in [3.05, 3.63) is 23.9 Å². The zero-order chi connectivity index (χ0) is 12.7. The number of nitrogen functional groups attached to an aromatic ring is 1. The molecule has 18 heavy (non-hydrogen) atoms. The summed E-state index contributed by atoms with van der Waals surface area (Å²) < 4.78 is 1.41. The number of nitrogens with two attached hydrogens (primary N) is 1. The number of hydrogen-bond acceptors (Lipinski definition) is 6. The molecule has 3 aromatic rings. The average Bonchev–Trinajstić information content (AvgIpc) is 2.94. The first-order valence-corrected chi connectivity index (χ1v) is 5.12. The number of nitriles is 1. The van der Waals surface area contributed by atoms with Crippen LogP contribution >= 0.6 is 0 Å². The van der Waals surface area contributed by atoms with Gasteiger partial charge in [0.2, 0.25) is 0 Å². The highest BCUT2D eigenvalue weighted by Crippen LogP contribution is 2.21. The molecule has 3 aromatic heterocycles. The van der Waals surface area contributed by atoms with Crippen LogP contribution in [0.2, 0.25) is 0 Å². The first kappa shape index (κ1) is 10.2. The lowest BCUT2D eigenvalue weighted by molar-refractivity contribution is 0.843. The van der Waals surface area contributed by atoms with Crippen LogP contribution < -0.4 is 5.73 Å². The number of nitrogens with zero attached hydrogens (tertiary/aromatic N) is 6. The fourth-order valence-electron chi connectivity index (χ4n) is 1.76. The SMILES string of the molecule is Cc1nn(-c2ncnc3nc[nH]c23)c(N)c1C#N. The van der Waals surface area contributed by atoms with E-state index in [4.69, 9.17) is 11.0 Å². The van der Waals surface area contributed by atoms with Gasteiger partial charge in [-0.25, -0.2) is 15.0 Å². The lowest BCUT2D eigenvalue weighted by atomic mass is 10.3. The Labute approximate surface area is 101 Å². The first-order valence-electron chi connectivity index (χ1n) is 5.12. The summed E-state index contributed by atoms with van der Waals surface area (Å²) in [6.07, 6.45) is 2.89. The van der Waals surface area contributed by atoms with Gasteiger partial charge in [-0.3, -0.25) is 0 Å². The Balaban J connectivity index is 2.34. The van der Waals surface area contributed by atoms with Crippen LogP contribution in [0.5, 0.6) is 0 Å². The van der Waals surface area contributed by atoms with Gasteiger partial charge in [-0.1, -0.05) is 0 Å². The van der Waals surface area contributed by atoms with E-state index in [0.29, 0.717) is 28.2 Å². The molecule has 0 aliphatic heterocycles. The highest BCUT2D eigenvalue weighted by molar-refractivity contribution is 5.78. The Morgan fingerprint density at radius 3 is 2.94 bits per heavy atom. The second-order valence-corrected chi connectivity index (χ2v) is 3.67. The van der Waals surface area contributed by atoms with Crippen LogP contribution in [0.1, 0.15) is 11.3 Å². The van der Waals surface area contributed by atoms with Gasteiger partial charge >= 0.3 is 0 Å². The minimum Gasteiger partial charge on any atom is -0.382 e. The molecular weight excluding hydrogens is 232 g/mol. The van der Waals surface area contributed by atoms with E-state index in [1.54, 1.807) is 6.92 Å². The topological polar surface area (TPSA) is 122 Å². The summed E-state index contributed by atoms with van der Waals surface area (Å²) in [5, 5.41) is 13.2. The van der Waals surface area contributed by atoms with Gasteiger partial charge in [0.15, 0.2) is 11.5 Å². The fourth-order valence-corrected chi connectivity index (χ4v) is 1.76. The van der Waals surface area contributed by atoms with Crippen molar-refractivity contribution in [2.75, 3.05) is 5.73 Å². The minimum atomic E-state index is 0.254. The van der Waals surface area contributed by atoms with E-state index < -0.39 is 0 Å². The standard InChI is InChI=1S/C10H8N8/c1-5-6(2-11)8(12)18(17-5)10-7-9(14-3-13-7)15-4-16-10/h3-4H,12H2,1H3,(H,13,14,15,16). The molecule has 0 amide bonds. The zero-order valence-electron chi connectivity index (χ0n) is 9.42. The summed E-state index contributed by atoms with van der Waals surface area (Å²) >= 11 is 0. The van der Waals surface area contributed by atoms with Gasteiger partial charge in [0.1, 0.15) is 29.3 Å². The van der Waals surface area contributed by atoms with Crippen LogP contribution in [-0.4, -0.2) is 29.7 Å². The van der Waals surface area contributed by atoms with E-state index in [1.165, 1.54) is 17.3 Å². The molecule has 0 atom stereocenters. The van der Waals surface area contributed by atoms with Crippen molar-refractivity contribution in [3.8, 4) is 11.9 Å². The molecule has 0 spiro atoms. The van der Waals surface area contributed by atoms with Crippen LogP contribution in [0, 0.1) is 18.3 Å². The maximum atomic E-state index is 9.00. The number of hydrogen-bond donors (Lipinski definition) is 2. The number of aryl methyl sites for hydroxylation is 1. The molecule has 3 heterocycles. The number of nitrogens with one attached hydrogen (secondary N) is 1. The van der Waals surface area contributed by atoms with E-state index in [-0.39, 0.29) is 5.82 Å². The number of anilines is 1. The van der Waals surface area contributed by atoms with Gasteiger partial charge in [0.05, 0.1) is 12.0 Å². The van der Waals surface area contributed by atoms with Gasteiger partial charge in [0, 0.05) is 0 Å². The molecule has 0 bridgehead atoms. The van der Waals surface area contributed by atoms with E-state index in [9.17, 15) is 0 Å². The molecule has 0 saturated carbocycles. The van der Waals surface area contributed by atoms with Gasteiger partial charge in [0.25, 0.3) is 0 Å². The van der Waals surface area contributed by atoms with E-state index in [2.05, 4.69) is 25.0 Å². The zero-order valence-corrected chi connectivity index (χ0v) is 9.42. The predicted molar refractivity (Wildman–Crippen MR) is 62.7 cm³/mol. The number of fused-ring (bicyclic) bond motifs is 1. The summed E-state index contributed by atoms with van der Waals surface area (Å²) in [6.45, 7) is 1.72. The van der Waals surface area contributed by atoms with Crippen molar-refractivity contribution in [1.82, 2.24) is 29.7 Å². The third-order valence-corrected chi connectivity index (χ3v) is 2.61. The maximum Gasteiger partial charge on any atom is 0.184 e. The van der Waals surface area contributed by atoms with Gasteiger partial charge in [-0.2, -0.15) is 15.0 Å². The van der Waals surface area contributed by atoms with Crippen molar-refractivity contribution in [1.29, 1.82) is 5.26 Å². The van der Waals surface area contributed by atoms with Crippen molar-refractivity contribution < 1.29 is 0 Å². The van der Waals surface area contributed by atoms with Crippen molar-refractivity contribution >= 4 is 17.0 Å². The van der Waals surface area contributed by atoms with Crippen molar-refractivity contribution in [3.63, 3.8) is 0 Å². The molecule has 0 fully saturated rings. The fraction of sp³-hybridized carbons (Fsp3) is 0.100. The summed E-state index contributed by atoms with van der Waals surface area (Å²) in [6, 6.07) is 2.02. The third kappa shape index (κ3) is 1.24. The lowest BCUT2D eigenvalue weighted by Gasteiger charge is -2.02.